The Bertz CT molecular complexity index is 1230. The zero-order chi connectivity index (χ0) is 23.8. The molecule has 1 amide bonds. The van der Waals surface area contributed by atoms with E-state index in [-0.39, 0.29) is 12.2 Å². The van der Waals surface area contributed by atoms with Crippen LogP contribution in [0.3, 0.4) is 0 Å². The van der Waals surface area contributed by atoms with E-state index in [2.05, 4.69) is 21.2 Å². The van der Waals surface area contributed by atoms with E-state index >= 15 is 0 Å². The zero-order valence-corrected chi connectivity index (χ0v) is 20.5. The van der Waals surface area contributed by atoms with Crippen molar-refractivity contribution >= 4 is 45.2 Å². The second-order valence-electron chi connectivity index (χ2n) is 7.08. The maximum absolute atomic E-state index is 12.7. The Labute approximate surface area is 206 Å². The van der Waals surface area contributed by atoms with Crippen molar-refractivity contribution in [1.29, 1.82) is 5.26 Å². The number of nitrogens with zero attached hydrogens (tertiary/aromatic N) is 1. The molecule has 0 aliphatic heterocycles. The van der Waals surface area contributed by atoms with Crippen LogP contribution in [0.2, 0.25) is 5.02 Å². The number of hydrogen-bond acceptors (Lipinski definition) is 4. The van der Waals surface area contributed by atoms with Crippen molar-refractivity contribution in [1.82, 2.24) is 0 Å². The molecule has 0 saturated carbocycles. The number of aryl methyl sites for hydroxylation is 1. The van der Waals surface area contributed by atoms with Gasteiger partial charge < -0.3 is 14.8 Å². The number of halogens is 2. The lowest BCUT2D eigenvalue weighted by Crippen LogP contribution is -2.14. The second-order valence-corrected chi connectivity index (χ2v) is 8.34. The Balaban J connectivity index is 1.87. The molecule has 0 radical (unpaired) electrons. The molecule has 0 aliphatic rings. The van der Waals surface area contributed by atoms with Crippen LogP contribution in [0.15, 0.2) is 70.7 Å². The quantitative estimate of drug-likeness (QED) is 0.256. The molecule has 0 atom stereocenters. The molecule has 168 valence electrons. The van der Waals surface area contributed by atoms with Crippen molar-refractivity contribution in [3.8, 4) is 17.6 Å². The van der Waals surface area contributed by atoms with Gasteiger partial charge in [0.05, 0.1) is 11.1 Å². The summed E-state index contributed by atoms with van der Waals surface area (Å²) in [7, 11) is 0. The zero-order valence-electron chi connectivity index (χ0n) is 18.2. The minimum atomic E-state index is -0.486. The van der Waals surface area contributed by atoms with Gasteiger partial charge in [0, 0.05) is 16.3 Å². The van der Waals surface area contributed by atoms with Crippen molar-refractivity contribution in [2.75, 3.05) is 11.9 Å². The van der Waals surface area contributed by atoms with Crippen LogP contribution >= 0.6 is 27.5 Å². The van der Waals surface area contributed by atoms with Gasteiger partial charge >= 0.3 is 0 Å². The molecule has 3 rings (SSSR count). The first-order valence-electron chi connectivity index (χ1n) is 10.2. The van der Waals surface area contributed by atoms with Gasteiger partial charge in [-0.3, -0.25) is 4.79 Å². The number of rotatable bonds is 8. The molecule has 1 N–H and O–H groups in total. The van der Waals surface area contributed by atoms with Gasteiger partial charge in [-0.25, -0.2) is 0 Å². The minimum absolute atomic E-state index is 0.0302. The maximum atomic E-state index is 12.7. The van der Waals surface area contributed by atoms with E-state index in [1.54, 1.807) is 24.3 Å². The van der Waals surface area contributed by atoms with Crippen LogP contribution in [0.1, 0.15) is 23.6 Å². The summed E-state index contributed by atoms with van der Waals surface area (Å²) in [5, 5.41) is 13.0. The van der Waals surface area contributed by atoms with E-state index < -0.39 is 5.91 Å². The van der Waals surface area contributed by atoms with Crippen molar-refractivity contribution < 1.29 is 14.3 Å². The minimum Gasteiger partial charge on any atom is -0.490 e. The summed E-state index contributed by atoms with van der Waals surface area (Å²) in [6, 6.07) is 20.3. The van der Waals surface area contributed by atoms with Crippen LogP contribution in [-0.4, -0.2) is 12.5 Å². The Morgan fingerprint density at radius 2 is 1.88 bits per heavy atom. The number of amides is 1. The second kappa shape index (κ2) is 11.6. The van der Waals surface area contributed by atoms with E-state index in [0.29, 0.717) is 38.9 Å². The molecule has 0 saturated heterocycles. The lowest BCUT2D eigenvalue weighted by Gasteiger charge is -2.15. The Kier molecular flexibility index (Phi) is 8.53. The molecule has 7 heteroatoms. The molecule has 0 aromatic heterocycles. The van der Waals surface area contributed by atoms with Crippen molar-refractivity contribution in [2.24, 2.45) is 0 Å². The number of para-hydroxylation sites is 1. The van der Waals surface area contributed by atoms with E-state index in [1.165, 1.54) is 6.08 Å². The fourth-order valence-corrected chi connectivity index (χ4v) is 3.82. The number of nitriles is 1. The number of benzene rings is 3. The number of hydrogen-bond donors (Lipinski definition) is 1. The highest BCUT2D eigenvalue weighted by Crippen LogP contribution is 2.38. The summed E-state index contributed by atoms with van der Waals surface area (Å²) in [5.74, 6) is 0.512. The van der Waals surface area contributed by atoms with Gasteiger partial charge in [-0.05, 0) is 71.2 Å². The highest BCUT2D eigenvalue weighted by atomic mass is 79.9. The van der Waals surface area contributed by atoms with Gasteiger partial charge in [-0.15, -0.1) is 0 Å². The summed E-state index contributed by atoms with van der Waals surface area (Å²) in [6.07, 6.45) is 1.51. The normalized spacial score (nSPS) is 10.9. The summed E-state index contributed by atoms with van der Waals surface area (Å²) in [4.78, 5) is 12.7. The number of anilines is 1. The van der Waals surface area contributed by atoms with Gasteiger partial charge in [-0.2, -0.15) is 5.26 Å². The molecule has 0 unspecified atom stereocenters. The van der Waals surface area contributed by atoms with Crippen LogP contribution in [-0.2, 0) is 11.4 Å². The van der Waals surface area contributed by atoms with E-state index in [1.807, 2.05) is 56.3 Å². The molecule has 5 nitrogen and oxygen atoms in total. The molecule has 0 bridgehead atoms. The van der Waals surface area contributed by atoms with Crippen molar-refractivity contribution in [2.45, 2.75) is 20.5 Å². The van der Waals surface area contributed by atoms with E-state index in [0.717, 1.165) is 11.1 Å². The van der Waals surface area contributed by atoms with Gasteiger partial charge in [0.1, 0.15) is 18.2 Å². The SMILES string of the molecule is CCOc1cc(/C=C(/C#N)C(=O)Nc2ccccc2C)cc(Br)c1OCc1ccccc1Cl. The van der Waals surface area contributed by atoms with Crippen LogP contribution < -0.4 is 14.8 Å². The van der Waals surface area contributed by atoms with Crippen LogP contribution in [0.4, 0.5) is 5.69 Å². The van der Waals surface area contributed by atoms with E-state index in [9.17, 15) is 10.1 Å². The standard InChI is InChI=1S/C26H22BrClN2O3/c1-3-32-24-14-18(12-20(15-29)26(31)30-23-11-7-4-8-17(23)2)13-21(27)25(24)33-16-19-9-5-6-10-22(19)28/h4-14H,3,16H2,1-2H3,(H,30,31)/b20-12-. The van der Waals surface area contributed by atoms with Crippen molar-refractivity contribution in [3.05, 3.63) is 92.4 Å². The molecule has 0 spiro atoms. The third-order valence-corrected chi connectivity index (χ3v) is 5.69. The van der Waals surface area contributed by atoms with Crippen LogP contribution in [0, 0.1) is 18.3 Å². The van der Waals surface area contributed by atoms with Gasteiger partial charge in [0.25, 0.3) is 5.91 Å². The monoisotopic (exact) mass is 524 g/mol. The molecule has 3 aromatic carbocycles. The molecule has 33 heavy (non-hydrogen) atoms. The number of carbonyl (C=O) groups excluding carboxylic acids is 1. The molecule has 0 heterocycles. The first-order valence-corrected chi connectivity index (χ1v) is 11.4. The fourth-order valence-electron chi connectivity index (χ4n) is 3.06. The molecule has 3 aromatic rings. The Hall–Kier alpha value is -3.27. The fraction of sp³-hybridized carbons (Fsp3) is 0.154. The number of nitrogens with one attached hydrogen (secondary N) is 1. The third kappa shape index (κ3) is 6.38. The Morgan fingerprint density at radius 3 is 2.58 bits per heavy atom. The van der Waals surface area contributed by atoms with Crippen LogP contribution in [0.5, 0.6) is 11.5 Å². The predicted molar refractivity (Wildman–Crippen MR) is 134 cm³/mol. The number of ether oxygens (including phenoxy) is 2. The van der Waals surface area contributed by atoms with Gasteiger partial charge in [-0.1, -0.05) is 48.0 Å². The average Bonchev–Trinajstić information content (AvgIpc) is 2.79. The lowest BCUT2D eigenvalue weighted by atomic mass is 10.1. The average molecular weight is 526 g/mol. The topological polar surface area (TPSA) is 71.3 Å². The highest BCUT2D eigenvalue weighted by Gasteiger charge is 2.15. The van der Waals surface area contributed by atoms with E-state index in [4.69, 9.17) is 21.1 Å². The lowest BCUT2D eigenvalue weighted by molar-refractivity contribution is -0.112. The molecule has 0 fully saturated rings. The van der Waals surface area contributed by atoms with Gasteiger partial charge in [0.2, 0.25) is 0 Å². The summed E-state index contributed by atoms with van der Waals surface area (Å²) >= 11 is 9.75. The summed E-state index contributed by atoms with van der Waals surface area (Å²) in [5.41, 5.74) is 2.99. The first-order chi connectivity index (χ1) is 15.9. The molecular weight excluding hydrogens is 504 g/mol. The van der Waals surface area contributed by atoms with Crippen molar-refractivity contribution in [3.63, 3.8) is 0 Å². The third-order valence-electron chi connectivity index (χ3n) is 4.73. The molecular formula is C26H22BrClN2O3. The maximum Gasteiger partial charge on any atom is 0.266 e. The summed E-state index contributed by atoms with van der Waals surface area (Å²) < 4.78 is 12.4. The first kappa shape index (κ1) is 24.4. The number of carbonyl (C=O) groups is 1. The predicted octanol–water partition coefficient (Wildman–Crippen LogP) is 6.93. The Morgan fingerprint density at radius 1 is 1.15 bits per heavy atom. The highest BCUT2D eigenvalue weighted by molar-refractivity contribution is 9.10. The molecule has 0 aliphatic carbocycles. The largest absolute Gasteiger partial charge is 0.490 e. The van der Waals surface area contributed by atoms with Crippen LogP contribution in [0.25, 0.3) is 6.08 Å². The summed E-state index contributed by atoms with van der Waals surface area (Å²) in [6.45, 7) is 4.43. The smallest absolute Gasteiger partial charge is 0.266 e. The van der Waals surface area contributed by atoms with Gasteiger partial charge in [0.15, 0.2) is 11.5 Å².